The van der Waals surface area contributed by atoms with Crippen LogP contribution in [0, 0.1) is 28.4 Å². The SMILES string of the molecule is CCN(CCC#N)c1nc(NC)nc(C)c1[N+](=O)[O-]. The normalized spacial score (nSPS) is 9.79. The van der Waals surface area contributed by atoms with E-state index in [1.807, 2.05) is 13.0 Å². The molecule has 0 atom stereocenters. The van der Waals surface area contributed by atoms with Gasteiger partial charge in [0.05, 0.1) is 17.4 Å². The number of nitrogens with zero attached hydrogens (tertiary/aromatic N) is 5. The van der Waals surface area contributed by atoms with E-state index < -0.39 is 4.92 Å². The predicted octanol–water partition coefficient (Wildman–Crippen LogP) is 1.47. The van der Waals surface area contributed by atoms with E-state index in [0.717, 1.165) is 0 Å². The number of nitrogens with one attached hydrogen (secondary N) is 1. The van der Waals surface area contributed by atoms with Crippen LogP contribution in [0.5, 0.6) is 0 Å². The third kappa shape index (κ3) is 3.28. The lowest BCUT2D eigenvalue weighted by molar-refractivity contribution is -0.385. The molecule has 0 saturated carbocycles. The lowest BCUT2D eigenvalue weighted by atomic mass is 10.3. The van der Waals surface area contributed by atoms with Crippen LogP contribution in [0.2, 0.25) is 0 Å². The Hall–Kier alpha value is -2.43. The van der Waals surface area contributed by atoms with Crippen molar-refractivity contribution in [2.24, 2.45) is 0 Å². The number of nitro groups is 1. The highest BCUT2D eigenvalue weighted by molar-refractivity contribution is 5.62. The molecule has 0 spiro atoms. The second-order valence-electron chi connectivity index (χ2n) is 3.80. The molecular weight excluding hydrogens is 248 g/mol. The largest absolute Gasteiger partial charge is 0.357 e. The molecule has 0 unspecified atom stereocenters. The molecule has 1 aromatic rings. The molecule has 0 aliphatic carbocycles. The summed E-state index contributed by atoms with van der Waals surface area (Å²) in [6, 6.07) is 2.02. The van der Waals surface area contributed by atoms with Gasteiger partial charge in [-0.2, -0.15) is 10.2 Å². The molecule has 0 aromatic carbocycles. The van der Waals surface area contributed by atoms with Crippen molar-refractivity contribution < 1.29 is 4.92 Å². The van der Waals surface area contributed by atoms with Gasteiger partial charge in [0.2, 0.25) is 11.8 Å². The van der Waals surface area contributed by atoms with Crippen molar-refractivity contribution in [2.45, 2.75) is 20.3 Å². The second-order valence-corrected chi connectivity index (χ2v) is 3.80. The summed E-state index contributed by atoms with van der Waals surface area (Å²) in [5, 5.41) is 22.6. The van der Waals surface area contributed by atoms with Gasteiger partial charge in [0.25, 0.3) is 0 Å². The van der Waals surface area contributed by atoms with Gasteiger partial charge in [-0.1, -0.05) is 0 Å². The molecule has 8 heteroatoms. The number of rotatable bonds is 6. The summed E-state index contributed by atoms with van der Waals surface area (Å²) in [6.45, 7) is 4.36. The Labute approximate surface area is 111 Å². The Bertz CT molecular complexity index is 511. The summed E-state index contributed by atoms with van der Waals surface area (Å²) in [7, 11) is 1.65. The van der Waals surface area contributed by atoms with Gasteiger partial charge in [-0.15, -0.1) is 0 Å². The number of anilines is 2. The van der Waals surface area contributed by atoms with E-state index in [-0.39, 0.29) is 17.9 Å². The van der Waals surface area contributed by atoms with Crippen LogP contribution in [0.3, 0.4) is 0 Å². The molecule has 8 nitrogen and oxygen atoms in total. The van der Waals surface area contributed by atoms with E-state index in [9.17, 15) is 10.1 Å². The monoisotopic (exact) mass is 264 g/mol. The summed E-state index contributed by atoms with van der Waals surface area (Å²) in [6.07, 6.45) is 0.281. The average Bonchev–Trinajstić information content (AvgIpc) is 2.38. The first kappa shape index (κ1) is 14.6. The molecule has 1 aromatic heterocycles. The zero-order valence-corrected chi connectivity index (χ0v) is 11.2. The van der Waals surface area contributed by atoms with Crippen molar-refractivity contribution in [3.8, 4) is 6.07 Å². The first-order chi connectivity index (χ1) is 9.04. The Morgan fingerprint density at radius 3 is 2.68 bits per heavy atom. The van der Waals surface area contributed by atoms with Gasteiger partial charge < -0.3 is 10.2 Å². The van der Waals surface area contributed by atoms with Crippen LogP contribution in [0.1, 0.15) is 19.0 Å². The van der Waals surface area contributed by atoms with Gasteiger partial charge in [0, 0.05) is 20.1 Å². The van der Waals surface area contributed by atoms with Crippen molar-refractivity contribution in [1.82, 2.24) is 9.97 Å². The minimum Gasteiger partial charge on any atom is -0.357 e. The zero-order valence-electron chi connectivity index (χ0n) is 11.2. The fraction of sp³-hybridized carbons (Fsp3) is 0.545. The van der Waals surface area contributed by atoms with Gasteiger partial charge in [-0.05, 0) is 13.8 Å². The van der Waals surface area contributed by atoms with E-state index in [0.29, 0.717) is 24.7 Å². The molecule has 19 heavy (non-hydrogen) atoms. The highest BCUT2D eigenvalue weighted by Gasteiger charge is 2.25. The van der Waals surface area contributed by atoms with E-state index in [1.165, 1.54) is 0 Å². The molecule has 0 amide bonds. The zero-order chi connectivity index (χ0) is 14.4. The van der Waals surface area contributed by atoms with Crippen molar-refractivity contribution in [2.75, 3.05) is 30.4 Å². The molecular formula is C11H16N6O2. The van der Waals surface area contributed by atoms with E-state index >= 15 is 0 Å². The maximum absolute atomic E-state index is 11.1. The standard InChI is InChI=1S/C11H16N6O2/c1-4-16(7-5-6-12)10-9(17(18)19)8(2)14-11(13-3)15-10/h4-5,7H2,1-3H3,(H,13,14,15). The van der Waals surface area contributed by atoms with Crippen molar-refractivity contribution in [3.63, 3.8) is 0 Å². The Kier molecular flexibility index (Phi) is 5.00. The van der Waals surface area contributed by atoms with Crippen LogP contribution in [-0.4, -0.2) is 35.0 Å². The summed E-state index contributed by atoms with van der Waals surface area (Å²) in [4.78, 5) is 20.5. The maximum atomic E-state index is 11.1. The van der Waals surface area contributed by atoms with E-state index in [4.69, 9.17) is 5.26 Å². The van der Waals surface area contributed by atoms with Crippen molar-refractivity contribution >= 4 is 17.5 Å². The second kappa shape index (κ2) is 6.49. The number of nitriles is 1. The van der Waals surface area contributed by atoms with E-state index in [2.05, 4.69) is 15.3 Å². The van der Waals surface area contributed by atoms with Crippen LogP contribution in [0.25, 0.3) is 0 Å². The molecule has 1 rings (SSSR count). The molecule has 0 aliphatic heterocycles. The number of hydrogen-bond donors (Lipinski definition) is 1. The van der Waals surface area contributed by atoms with Gasteiger partial charge in [-0.3, -0.25) is 10.1 Å². The predicted molar refractivity (Wildman–Crippen MR) is 71.1 cm³/mol. The minimum absolute atomic E-state index is 0.112. The molecule has 1 heterocycles. The van der Waals surface area contributed by atoms with Crippen molar-refractivity contribution in [3.05, 3.63) is 15.8 Å². The third-order valence-corrected chi connectivity index (χ3v) is 2.62. The Balaban J connectivity index is 3.32. The lowest BCUT2D eigenvalue weighted by Crippen LogP contribution is -2.26. The van der Waals surface area contributed by atoms with Gasteiger partial charge >= 0.3 is 5.69 Å². The molecule has 0 saturated heterocycles. The molecule has 0 fully saturated rings. The summed E-state index contributed by atoms with van der Waals surface area (Å²) < 4.78 is 0. The third-order valence-electron chi connectivity index (χ3n) is 2.62. The van der Waals surface area contributed by atoms with Crippen LogP contribution < -0.4 is 10.2 Å². The summed E-state index contributed by atoms with van der Waals surface area (Å²) >= 11 is 0. The quantitative estimate of drug-likeness (QED) is 0.612. The highest BCUT2D eigenvalue weighted by Crippen LogP contribution is 2.29. The topological polar surface area (TPSA) is 108 Å². The Morgan fingerprint density at radius 2 is 2.21 bits per heavy atom. The summed E-state index contributed by atoms with van der Waals surface area (Å²) in [5.74, 6) is 0.577. The molecule has 0 radical (unpaired) electrons. The minimum atomic E-state index is -0.487. The van der Waals surface area contributed by atoms with Gasteiger partial charge in [0.1, 0.15) is 5.69 Å². The fourth-order valence-electron chi connectivity index (χ4n) is 1.70. The highest BCUT2D eigenvalue weighted by atomic mass is 16.6. The first-order valence-corrected chi connectivity index (χ1v) is 5.87. The van der Waals surface area contributed by atoms with Gasteiger partial charge in [-0.25, -0.2) is 4.98 Å². The van der Waals surface area contributed by atoms with Crippen LogP contribution in [-0.2, 0) is 0 Å². The summed E-state index contributed by atoms with van der Waals surface area (Å²) in [5.41, 5.74) is 0.188. The number of aromatic nitrogens is 2. The lowest BCUT2D eigenvalue weighted by Gasteiger charge is -2.21. The van der Waals surface area contributed by atoms with Crippen molar-refractivity contribution in [1.29, 1.82) is 5.26 Å². The van der Waals surface area contributed by atoms with Crippen LogP contribution in [0.4, 0.5) is 17.5 Å². The van der Waals surface area contributed by atoms with Crippen LogP contribution in [0.15, 0.2) is 0 Å². The molecule has 102 valence electrons. The smallest absolute Gasteiger partial charge is 0.332 e. The van der Waals surface area contributed by atoms with Gasteiger partial charge in [0.15, 0.2) is 0 Å². The maximum Gasteiger partial charge on any atom is 0.332 e. The molecule has 1 N–H and O–H groups in total. The van der Waals surface area contributed by atoms with Crippen LogP contribution >= 0.6 is 0 Å². The Morgan fingerprint density at radius 1 is 1.53 bits per heavy atom. The van der Waals surface area contributed by atoms with E-state index in [1.54, 1.807) is 18.9 Å². The molecule has 0 aliphatic rings. The fourth-order valence-corrected chi connectivity index (χ4v) is 1.70. The number of aryl methyl sites for hydroxylation is 1. The molecule has 0 bridgehead atoms. The average molecular weight is 264 g/mol. The first-order valence-electron chi connectivity index (χ1n) is 5.87. The number of hydrogen-bond acceptors (Lipinski definition) is 7.